The smallest absolute Gasteiger partial charge is 0.164 e. The molecule has 0 atom stereocenters. The zero-order valence-corrected chi connectivity index (χ0v) is 10.2. The maximum atomic E-state index is 13.5. The van der Waals surface area contributed by atoms with Gasteiger partial charge in [0, 0.05) is 19.8 Å². The van der Waals surface area contributed by atoms with Crippen LogP contribution in [0.2, 0.25) is 5.02 Å². The number of hydrogen-bond acceptors (Lipinski definition) is 2. The molecule has 0 aliphatic rings. The molecule has 1 aromatic carbocycles. The molecule has 0 saturated carbocycles. The van der Waals surface area contributed by atoms with Crippen LogP contribution < -0.4 is 5.32 Å². The Bertz CT molecular complexity index is 510. The molecule has 2 rings (SSSR count). The number of rotatable bonds is 4. The van der Waals surface area contributed by atoms with E-state index in [9.17, 15) is 4.39 Å². The Morgan fingerprint density at radius 1 is 1.47 bits per heavy atom. The summed E-state index contributed by atoms with van der Waals surface area (Å²) in [5, 5.41) is 7.22. The highest BCUT2D eigenvalue weighted by Gasteiger charge is 2.05. The van der Waals surface area contributed by atoms with Crippen LogP contribution in [0, 0.1) is 5.82 Å². The van der Waals surface area contributed by atoms with Gasteiger partial charge < -0.3 is 5.32 Å². The third kappa shape index (κ3) is 2.97. The maximum absolute atomic E-state index is 13.5. The number of aryl methyl sites for hydroxylation is 1. The number of anilines is 1. The van der Waals surface area contributed by atoms with Gasteiger partial charge in [-0.05, 0) is 24.1 Å². The first-order valence-electron chi connectivity index (χ1n) is 5.32. The standard InChI is InChI=1S/C12H13ClFN3/c1-17-8-9(7-16-17)5-6-15-11-4-2-3-10(13)12(11)14/h2-4,7-8,15H,5-6H2,1H3. The van der Waals surface area contributed by atoms with Crippen molar-refractivity contribution in [2.75, 3.05) is 11.9 Å². The SMILES string of the molecule is Cn1cc(CCNc2cccc(Cl)c2F)cn1. The quantitative estimate of drug-likeness (QED) is 0.908. The predicted octanol–water partition coefficient (Wildman–Crippen LogP) is 2.87. The van der Waals surface area contributed by atoms with Gasteiger partial charge >= 0.3 is 0 Å². The number of halogens is 2. The zero-order valence-electron chi connectivity index (χ0n) is 9.45. The fourth-order valence-corrected chi connectivity index (χ4v) is 1.76. The summed E-state index contributed by atoms with van der Waals surface area (Å²) in [7, 11) is 1.87. The lowest BCUT2D eigenvalue weighted by molar-refractivity contribution is 0.630. The van der Waals surface area contributed by atoms with Crippen molar-refractivity contribution in [2.45, 2.75) is 6.42 Å². The van der Waals surface area contributed by atoms with E-state index in [0.29, 0.717) is 12.2 Å². The molecule has 0 radical (unpaired) electrons. The van der Waals surface area contributed by atoms with Gasteiger partial charge in [-0.15, -0.1) is 0 Å². The van der Waals surface area contributed by atoms with Crippen molar-refractivity contribution in [1.29, 1.82) is 0 Å². The van der Waals surface area contributed by atoms with Crippen molar-refractivity contribution >= 4 is 17.3 Å². The summed E-state index contributed by atoms with van der Waals surface area (Å²) < 4.78 is 15.3. The van der Waals surface area contributed by atoms with Gasteiger partial charge in [-0.2, -0.15) is 5.10 Å². The van der Waals surface area contributed by atoms with Crippen LogP contribution in [0.3, 0.4) is 0 Å². The number of hydrogen-bond donors (Lipinski definition) is 1. The summed E-state index contributed by atoms with van der Waals surface area (Å²) in [6, 6.07) is 4.92. The van der Waals surface area contributed by atoms with E-state index in [1.54, 1.807) is 23.0 Å². The molecule has 0 spiro atoms. The second kappa shape index (κ2) is 5.19. The monoisotopic (exact) mass is 253 g/mol. The van der Waals surface area contributed by atoms with Crippen molar-refractivity contribution in [1.82, 2.24) is 9.78 Å². The Hall–Kier alpha value is -1.55. The summed E-state index contributed by atoms with van der Waals surface area (Å²) in [5.41, 5.74) is 1.55. The van der Waals surface area contributed by atoms with E-state index in [0.717, 1.165) is 12.0 Å². The normalized spacial score (nSPS) is 10.5. The molecular formula is C12H13ClFN3. The molecule has 0 bridgehead atoms. The molecule has 90 valence electrons. The Kier molecular flexibility index (Phi) is 3.64. The fourth-order valence-electron chi connectivity index (χ4n) is 1.58. The largest absolute Gasteiger partial charge is 0.382 e. The number of benzene rings is 1. The van der Waals surface area contributed by atoms with Gasteiger partial charge in [-0.1, -0.05) is 17.7 Å². The van der Waals surface area contributed by atoms with E-state index in [-0.39, 0.29) is 5.02 Å². The van der Waals surface area contributed by atoms with Crippen LogP contribution in [0.1, 0.15) is 5.56 Å². The molecule has 0 amide bonds. The van der Waals surface area contributed by atoms with E-state index in [1.807, 2.05) is 13.2 Å². The molecule has 0 unspecified atom stereocenters. The van der Waals surface area contributed by atoms with Gasteiger partial charge in [0.25, 0.3) is 0 Å². The van der Waals surface area contributed by atoms with Crippen molar-refractivity contribution in [3.63, 3.8) is 0 Å². The summed E-state index contributed by atoms with van der Waals surface area (Å²) >= 11 is 5.68. The van der Waals surface area contributed by atoms with Crippen LogP contribution in [-0.2, 0) is 13.5 Å². The highest BCUT2D eigenvalue weighted by molar-refractivity contribution is 6.31. The number of aromatic nitrogens is 2. The molecule has 0 aliphatic heterocycles. The van der Waals surface area contributed by atoms with Gasteiger partial charge in [-0.3, -0.25) is 4.68 Å². The average Bonchev–Trinajstić information content (AvgIpc) is 2.70. The average molecular weight is 254 g/mol. The topological polar surface area (TPSA) is 29.9 Å². The summed E-state index contributed by atoms with van der Waals surface area (Å²) in [5.74, 6) is -0.402. The molecule has 17 heavy (non-hydrogen) atoms. The number of nitrogens with zero attached hydrogens (tertiary/aromatic N) is 2. The Morgan fingerprint density at radius 2 is 2.29 bits per heavy atom. The summed E-state index contributed by atoms with van der Waals surface area (Å²) in [6.07, 6.45) is 4.53. The zero-order chi connectivity index (χ0) is 12.3. The Labute approximate surface area is 104 Å². The van der Waals surface area contributed by atoms with Crippen LogP contribution in [0.5, 0.6) is 0 Å². The van der Waals surface area contributed by atoms with Crippen LogP contribution >= 0.6 is 11.6 Å². The lowest BCUT2D eigenvalue weighted by Crippen LogP contribution is -2.06. The van der Waals surface area contributed by atoms with Gasteiger partial charge in [0.05, 0.1) is 16.9 Å². The number of nitrogens with one attached hydrogen (secondary N) is 1. The summed E-state index contributed by atoms with van der Waals surface area (Å²) in [6.45, 7) is 0.642. The van der Waals surface area contributed by atoms with Gasteiger partial charge in [0.15, 0.2) is 5.82 Å². The van der Waals surface area contributed by atoms with Gasteiger partial charge in [0.1, 0.15) is 0 Å². The highest BCUT2D eigenvalue weighted by Crippen LogP contribution is 2.21. The minimum absolute atomic E-state index is 0.136. The molecule has 5 heteroatoms. The van der Waals surface area contributed by atoms with Crippen molar-refractivity contribution < 1.29 is 4.39 Å². The molecule has 0 fully saturated rings. The van der Waals surface area contributed by atoms with E-state index in [2.05, 4.69) is 10.4 Å². The van der Waals surface area contributed by atoms with Crippen LogP contribution in [0.15, 0.2) is 30.6 Å². The molecule has 0 aliphatic carbocycles. The molecule has 1 aromatic heterocycles. The van der Waals surface area contributed by atoms with E-state index in [4.69, 9.17) is 11.6 Å². The molecule has 2 aromatic rings. The Balaban J connectivity index is 1.92. The summed E-state index contributed by atoms with van der Waals surface area (Å²) in [4.78, 5) is 0. The lowest BCUT2D eigenvalue weighted by Gasteiger charge is -2.07. The van der Waals surface area contributed by atoms with Crippen molar-refractivity contribution in [2.24, 2.45) is 7.05 Å². The molecule has 1 N–H and O–H groups in total. The van der Waals surface area contributed by atoms with Gasteiger partial charge in [0.2, 0.25) is 0 Å². The van der Waals surface area contributed by atoms with Crippen molar-refractivity contribution in [3.05, 3.63) is 47.0 Å². The second-order valence-corrected chi connectivity index (χ2v) is 4.21. The minimum atomic E-state index is -0.402. The molecule has 3 nitrogen and oxygen atoms in total. The third-order valence-electron chi connectivity index (χ3n) is 2.44. The van der Waals surface area contributed by atoms with E-state index in [1.165, 1.54) is 6.07 Å². The van der Waals surface area contributed by atoms with Crippen LogP contribution in [0.25, 0.3) is 0 Å². The van der Waals surface area contributed by atoms with Crippen LogP contribution in [0.4, 0.5) is 10.1 Å². The highest BCUT2D eigenvalue weighted by atomic mass is 35.5. The lowest BCUT2D eigenvalue weighted by atomic mass is 10.2. The first-order valence-corrected chi connectivity index (χ1v) is 5.70. The Morgan fingerprint density at radius 3 is 3.00 bits per heavy atom. The maximum Gasteiger partial charge on any atom is 0.164 e. The van der Waals surface area contributed by atoms with E-state index < -0.39 is 5.82 Å². The van der Waals surface area contributed by atoms with E-state index >= 15 is 0 Å². The van der Waals surface area contributed by atoms with Crippen molar-refractivity contribution in [3.8, 4) is 0 Å². The first-order chi connectivity index (χ1) is 8.16. The van der Waals surface area contributed by atoms with Crippen LogP contribution in [-0.4, -0.2) is 16.3 Å². The third-order valence-corrected chi connectivity index (χ3v) is 2.73. The predicted molar refractivity (Wildman–Crippen MR) is 66.8 cm³/mol. The minimum Gasteiger partial charge on any atom is -0.382 e. The molecular weight excluding hydrogens is 241 g/mol. The molecule has 1 heterocycles. The second-order valence-electron chi connectivity index (χ2n) is 3.80. The first kappa shape index (κ1) is 11.9. The fraction of sp³-hybridized carbons (Fsp3) is 0.250. The van der Waals surface area contributed by atoms with Gasteiger partial charge in [-0.25, -0.2) is 4.39 Å². The molecule has 0 saturated heterocycles.